The number of hydrogen-bond acceptors (Lipinski definition) is 2. The van der Waals surface area contributed by atoms with Crippen LogP contribution in [-0.2, 0) is 0 Å². The minimum atomic E-state index is -0.0709. The summed E-state index contributed by atoms with van der Waals surface area (Å²) >= 11 is 0. The van der Waals surface area contributed by atoms with Gasteiger partial charge in [0.05, 0.1) is 12.2 Å². The summed E-state index contributed by atoms with van der Waals surface area (Å²) in [6, 6.07) is 7.48. The van der Waals surface area contributed by atoms with Crippen LogP contribution in [0.4, 0.5) is 0 Å². The Bertz CT molecular complexity index is 350. The number of amides is 1. The zero-order chi connectivity index (χ0) is 12.0. The van der Waals surface area contributed by atoms with Crippen LogP contribution in [0.5, 0.6) is 5.75 Å². The fraction of sp³-hybridized carbons (Fsp3) is 0.462. The number of carbonyl (C=O) groups excluding carboxylic acids is 1. The molecule has 1 aromatic rings. The summed E-state index contributed by atoms with van der Waals surface area (Å²) in [7, 11) is 0. The predicted octanol–water partition coefficient (Wildman–Crippen LogP) is 2.61. The Hall–Kier alpha value is -1.51. The Kier molecular flexibility index (Phi) is 4.83. The lowest BCUT2D eigenvalue weighted by molar-refractivity contribution is 0.0935. The smallest absolute Gasteiger partial charge is 0.255 e. The molecule has 0 saturated carbocycles. The van der Waals surface area contributed by atoms with Crippen LogP contribution in [0.1, 0.15) is 37.6 Å². The van der Waals surface area contributed by atoms with Crippen molar-refractivity contribution < 1.29 is 9.53 Å². The van der Waals surface area contributed by atoms with Gasteiger partial charge in [0.2, 0.25) is 0 Å². The highest BCUT2D eigenvalue weighted by Gasteiger charge is 2.12. The summed E-state index contributed by atoms with van der Waals surface area (Å²) in [6.45, 7) is 6.50. The molecule has 1 rings (SSSR count). The maximum atomic E-state index is 11.9. The van der Waals surface area contributed by atoms with E-state index in [4.69, 9.17) is 4.74 Å². The van der Waals surface area contributed by atoms with Crippen LogP contribution in [-0.4, -0.2) is 18.6 Å². The molecule has 0 spiro atoms. The SMILES string of the molecule is CCOc1ccccc1C(=O)NC(C)CC. The number of hydrogen-bond donors (Lipinski definition) is 1. The normalized spacial score (nSPS) is 11.9. The summed E-state index contributed by atoms with van der Waals surface area (Å²) in [5.41, 5.74) is 0.602. The van der Waals surface area contributed by atoms with Crippen molar-refractivity contribution >= 4 is 5.91 Å². The van der Waals surface area contributed by atoms with Gasteiger partial charge in [0.15, 0.2) is 0 Å². The monoisotopic (exact) mass is 221 g/mol. The van der Waals surface area contributed by atoms with Gasteiger partial charge in [-0.3, -0.25) is 4.79 Å². The molecule has 0 heterocycles. The molecule has 16 heavy (non-hydrogen) atoms. The van der Waals surface area contributed by atoms with Gasteiger partial charge in [-0.1, -0.05) is 19.1 Å². The van der Waals surface area contributed by atoms with E-state index in [-0.39, 0.29) is 11.9 Å². The maximum Gasteiger partial charge on any atom is 0.255 e. The standard InChI is InChI=1S/C13H19NO2/c1-4-10(3)14-13(15)11-8-6-7-9-12(11)16-5-2/h6-10H,4-5H2,1-3H3,(H,14,15). The Morgan fingerprint density at radius 3 is 2.69 bits per heavy atom. The van der Waals surface area contributed by atoms with Crippen LogP contribution in [0.25, 0.3) is 0 Å². The number of carbonyl (C=O) groups is 1. The van der Waals surface area contributed by atoms with E-state index in [2.05, 4.69) is 5.32 Å². The second-order valence-electron chi connectivity index (χ2n) is 3.71. The average Bonchev–Trinajstić information content (AvgIpc) is 2.30. The summed E-state index contributed by atoms with van der Waals surface area (Å²) in [5, 5.41) is 2.93. The molecule has 1 amide bonds. The molecule has 1 N–H and O–H groups in total. The Morgan fingerprint density at radius 1 is 1.38 bits per heavy atom. The van der Waals surface area contributed by atoms with Crippen molar-refractivity contribution in [3.63, 3.8) is 0 Å². The van der Waals surface area contributed by atoms with Crippen molar-refractivity contribution in [1.29, 1.82) is 0 Å². The molecule has 0 aliphatic carbocycles. The van der Waals surface area contributed by atoms with Crippen molar-refractivity contribution in [2.45, 2.75) is 33.2 Å². The van der Waals surface area contributed by atoms with Crippen molar-refractivity contribution in [3.05, 3.63) is 29.8 Å². The number of para-hydroxylation sites is 1. The molecule has 0 saturated heterocycles. The van der Waals surface area contributed by atoms with Crippen LogP contribution >= 0.6 is 0 Å². The van der Waals surface area contributed by atoms with Crippen LogP contribution in [0.15, 0.2) is 24.3 Å². The zero-order valence-corrected chi connectivity index (χ0v) is 10.1. The van der Waals surface area contributed by atoms with Crippen LogP contribution in [0.2, 0.25) is 0 Å². The zero-order valence-electron chi connectivity index (χ0n) is 10.1. The summed E-state index contributed by atoms with van der Waals surface area (Å²) in [6.07, 6.45) is 0.919. The van der Waals surface area contributed by atoms with Gasteiger partial charge >= 0.3 is 0 Å². The molecule has 0 aliphatic rings. The van der Waals surface area contributed by atoms with Gasteiger partial charge in [0, 0.05) is 6.04 Å². The predicted molar refractivity (Wildman–Crippen MR) is 64.8 cm³/mol. The number of nitrogens with one attached hydrogen (secondary N) is 1. The summed E-state index contributed by atoms with van der Waals surface area (Å²) in [4.78, 5) is 11.9. The first-order chi connectivity index (χ1) is 7.69. The van der Waals surface area contributed by atoms with Gasteiger partial charge in [-0.05, 0) is 32.4 Å². The Labute approximate surface area is 96.8 Å². The van der Waals surface area contributed by atoms with E-state index in [0.29, 0.717) is 17.9 Å². The van der Waals surface area contributed by atoms with Crippen LogP contribution in [0, 0.1) is 0 Å². The highest BCUT2D eigenvalue weighted by molar-refractivity contribution is 5.97. The van der Waals surface area contributed by atoms with Crippen LogP contribution < -0.4 is 10.1 Å². The number of ether oxygens (including phenoxy) is 1. The van der Waals surface area contributed by atoms with E-state index >= 15 is 0 Å². The molecular formula is C13H19NO2. The maximum absolute atomic E-state index is 11.9. The van der Waals surface area contributed by atoms with Gasteiger partial charge < -0.3 is 10.1 Å². The van der Waals surface area contributed by atoms with Gasteiger partial charge in [-0.15, -0.1) is 0 Å². The third-order valence-corrected chi connectivity index (χ3v) is 2.42. The third kappa shape index (κ3) is 3.26. The van der Waals surface area contributed by atoms with E-state index in [0.717, 1.165) is 6.42 Å². The first-order valence-corrected chi connectivity index (χ1v) is 5.71. The van der Waals surface area contributed by atoms with Crippen molar-refractivity contribution in [3.8, 4) is 5.75 Å². The minimum Gasteiger partial charge on any atom is -0.493 e. The number of rotatable bonds is 5. The molecule has 0 aliphatic heterocycles. The highest BCUT2D eigenvalue weighted by Crippen LogP contribution is 2.17. The van der Waals surface area contributed by atoms with Gasteiger partial charge in [-0.2, -0.15) is 0 Å². The van der Waals surface area contributed by atoms with Gasteiger partial charge in [0.1, 0.15) is 5.75 Å². The summed E-state index contributed by atoms with van der Waals surface area (Å²) < 4.78 is 5.41. The van der Waals surface area contributed by atoms with E-state index < -0.39 is 0 Å². The first-order valence-electron chi connectivity index (χ1n) is 5.71. The van der Waals surface area contributed by atoms with E-state index in [1.165, 1.54) is 0 Å². The lowest BCUT2D eigenvalue weighted by Gasteiger charge is -2.13. The fourth-order valence-electron chi connectivity index (χ4n) is 1.34. The molecule has 0 bridgehead atoms. The quantitative estimate of drug-likeness (QED) is 0.830. The molecular weight excluding hydrogens is 202 g/mol. The average molecular weight is 221 g/mol. The molecule has 1 aromatic carbocycles. The minimum absolute atomic E-state index is 0.0709. The fourth-order valence-corrected chi connectivity index (χ4v) is 1.34. The largest absolute Gasteiger partial charge is 0.493 e. The van der Waals surface area contributed by atoms with Crippen LogP contribution in [0.3, 0.4) is 0 Å². The highest BCUT2D eigenvalue weighted by atomic mass is 16.5. The lowest BCUT2D eigenvalue weighted by Crippen LogP contribution is -2.32. The molecule has 3 nitrogen and oxygen atoms in total. The lowest BCUT2D eigenvalue weighted by atomic mass is 10.1. The summed E-state index contributed by atoms with van der Waals surface area (Å²) in [5.74, 6) is 0.573. The molecule has 88 valence electrons. The van der Waals surface area contributed by atoms with Gasteiger partial charge in [-0.25, -0.2) is 0 Å². The first kappa shape index (κ1) is 12.6. The second kappa shape index (κ2) is 6.16. The van der Waals surface area contributed by atoms with E-state index in [1.807, 2.05) is 39.0 Å². The third-order valence-electron chi connectivity index (χ3n) is 2.42. The van der Waals surface area contributed by atoms with Crippen molar-refractivity contribution in [1.82, 2.24) is 5.32 Å². The Morgan fingerprint density at radius 2 is 2.06 bits per heavy atom. The van der Waals surface area contributed by atoms with Crippen molar-refractivity contribution in [2.75, 3.05) is 6.61 Å². The Balaban J connectivity index is 2.81. The van der Waals surface area contributed by atoms with Gasteiger partial charge in [0.25, 0.3) is 5.91 Å². The molecule has 0 radical (unpaired) electrons. The molecule has 0 fully saturated rings. The molecule has 1 unspecified atom stereocenters. The van der Waals surface area contributed by atoms with E-state index in [9.17, 15) is 4.79 Å². The second-order valence-corrected chi connectivity index (χ2v) is 3.71. The molecule has 3 heteroatoms. The van der Waals surface area contributed by atoms with E-state index in [1.54, 1.807) is 6.07 Å². The van der Waals surface area contributed by atoms with Crippen molar-refractivity contribution in [2.24, 2.45) is 0 Å². The topological polar surface area (TPSA) is 38.3 Å². The molecule has 0 aromatic heterocycles. The molecule has 1 atom stereocenters. The number of benzene rings is 1.